The van der Waals surface area contributed by atoms with Gasteiger partial charge in [-0.3, -0.25) is 4.72 Å². The number of nitrogens with one attached hydrogen (secondary N) is 1. The summed E-state index contributed by atoms with van der Waals surface area (Å²) >= 11 is 1.45. The number of benzene rings is 1. The summed E-state index contributed by atoms with van der Waals surface area (Å²) in [6.45, 7) is 2.37. The molecule has 0 fully saturated rings. The fraction of sp³-hybridized carbons (Fsp3) is 0.455. The largest absolute Gasteiger partial charge is 0.264 e. The fourth-order valence-corrected chi connectivity index (χ4v) is 1.87. The zero-order valence-electron chi connectivity index (χ0n) is 9.19. The van der Waals surface area contributed by atoms with Gasteiger partial charge in [-0.2, -0.15) is 0 Å². The molecule has 0 heterocycles. The van der Waals surface area contributed by atoms with E-state index in [0.717, 1.165) is 12.1 Å². The molecule has 5 heteroatoms. The first kappa shape index (κ1) is 13.4. The Morgan fingerprint density at radius 3 is 2.31 bits per heavy atom. The maximum atomic E-state index is 13.4. The second-order valence-corrected chi connectivity index (χ2v) is 4.27. The van der Waals surface area contributed by atoms with E-state index in [1.54, 1.807) is 6.92 Å². The van der Waals surface area contributed by atoms with E-state index in [1.807, 2.05) is 6.26 Å². The molecule has 1 aromatic carbocycles. The van der Waals surface area contributed by atoms with Crippen LogP contribution in [0.5, 0.6) is 0 Å². The Bertz CT molecular complexity index is 334. The van der Waals surface area contributed by atoms with Crippen molar-refractivity contribution in [1.82, 2.24) is 4.72 Å². The van der Waals surface area contributed by atoms with Crippen molar-refractivity contribution in [2.75, 3.05) is 12.8 Å². The summed E-state index contributed by atoms with van der Waals surface area (Å²) < 4.78 is 42.4. The monoisotopic (exact) mass is 249 g/mol. The second kappa shape index (κ2) is 6.15. The van der Waals surface area contributed by atoms with Crippen LogP contribution in [0.4, 0.5) is 13.2 Å². The normalized spacial score (nSPS) is 12.8. The van der Waals surface area contributed by atoms with Gasteiger partial charge in [0.25, 0.3) is 0 Å². The van der Waals surface area contributed by atoms with E-state index in [0.29, 0.717) is 13.0 Å². The maximum absolute atomic E-state index is 13.4. The SMILES string of the molecule is CSNCCC(C)c1c(F)cc(F)cc1F. The molecular formula is C11H14F3NS. The van der Waals surface area contributed by atoms with Gasteiger partial charge in [0.2, 0.25) is 0 Å². The van der Waals surface area contributed by atoms with Crippen LogP contribution >= 0.6 is 11.9 Å². The van der Waals surface area contributed by atoms with Gasteiger partial charge < -0.3 is 0 Å². The lowest BCUT2D eigenvalue weighted by molar-refractivity contribution is 0.499. The summed E-state index contributed by atoms with van der Waals surface area (Å²) in [4.78, 5) is 0. The van der Waals surface area contributed by atoms with Gasteiger partial charge in [0.05, 0.1) is 0 Å². The summed E-state index contributed by atoms with van der Waals surface area (Å²) in [5, 5.41) is 0. The lowest BCUT2D eigenvalue weighted by Gasteiger charge is -2.13. The molecule has 0 spiro atoms. The van der Waals surface area contributed by atoms with Crippen molar-refractivity contribution in [2.24, 2.45) is 0 Å². The third-order valence-corrected chi connectivity index (χ3v) is 2.85. The molecule has 0 aliphatic carbocycles. The van der Waals surface area contributed by atoms with Gasteiger partial charge >= 0.3 is 0 Å². The van der Waals surface area contributed by atoms with E-state index in [9.17, 15) is 13.2 Å². The van der Waals surface area contributed by atoms with Crippen LogP contribution in [0.2, 0.25) is 0 Å². The Hall–Kier alpha value is -0.680. The van der Waals surface area contributed by atoms with Crippen molar-refractivity contribution >= 4 is 11.9 Å². The molecule has 0 aromatic heterocycles. The van der Waals surface area contributed by atoms with Crippen LogP contribution in [0.15, 0.2) is 12.1 Å². The van der Waals surface area contributed by atoms with E-state index in [2.05, 4.69) is 4.72 Å². The van der Waals surface area contributed by atoms with Crippen molar-refractivity contribution in [3.8, 4) is 0 Å². The molecule has 1 atom stereocenters. The first-order valence-corrected chi connectivity index (χ1v) is 6.19. The minimum absolute atomic E-state index is 0.0377. The molecular weight excluding hydrogens is 235 g/mol. The first-order chi connectivity index (χ1) is 7.56. The van der Waals surface area contributed by atoms with E-state index < -0.39 is 17.5 Å². The highest BCUT2D eigenvalue weighted by Crippen LogP contribution is 2.25. The van der Waals surface area contributed by atoms with Gasteiger partial charge in [0.15, 0.2) is 0 Å². The average molecular weight is 249 g/mol. The van der Waals surface area contributed by atoms with E-state index >= 15 is 0 Å². The summed E-state index contributed by atoms with van der Waals surface area (Å²) in [7, 11) is 0. The van der Waals surface area contributed by atoms with Gasteiger partial charge in [-0.25, -0.2) is 13.2 Å². The minimum Gasteiger partial charge on any atom is -0.264 e. The van der Waals surface area contributed by atoms with Crippen LogP contribution < -0.4 is 4.72 Å². The zero-order valence-corrected chi connectivity index (χ0v) is 10.0. The molecule has 1 N–H and O–H groups in total. The van der Waals surface area contributed by atoms with Crippen LogP contribution in [0, 0.1) is 17.5 Å². The average Bonchev–Trinajstić information content (AvgIpc) is 2.16. The highest BCUT2D eigenvalue weighted by molar-refractivity contribution is 7.96. The van der Waals surface area contributed by atoms with Crippen molar-refractivity contribution in [2.45, 2.75) is 19.3 Å². The Labute approximate surface area is 97.6 Å². The molecule has 0 aliphatic heterocycles. The summed E-state index contributed by atoms with van der Waals surface area (Å²) in [5.41, 5.74) is -0.0377. The fourth-order valence-electron chi connectivity index (χ4n) is 1.55. The second-order valence-electron chi connectivity index (χ2n) is 3.57. The summed E-state index contributed by atoms with van der Waals surface area (Å²) in [6.07, 6.45) is 2.48. The molecule has 1 nitrogen and oxygen atoms in total. The number of hydrogen-bond acceptors (Lipinski definition) is 2. The number of halogens is 3. The third-order valence-electron chi connectivity index (χ3n) is 2.36. The van der Waals surface area contributed by atoms with E-state index in [4.69, 9.17) is 0 Å². The number of rotatable bonds is 5. The van der Waals surface area contributed by atoms with Gasteiger partial charge in [-0.1, -0.05) is 18.9 Å². The molecule has 0 saturated carbocycles. The Morgan fingerprint density at radius 2 is 1.81 bits per heavy atom. The molecule has 0 radical (unpaired) electrons. The lowest BCUT2D eigenvalue weighted by Crippen LogP contribution is -2.10. The zero-order chi connectivity index (χ0) is 12.1. The van der Waals surface area contributed by atoms with Crippen LogP contribution in [0.25, 0.3) is 0 Å². The van der Waals surface area contributed by atoms with Gasteiger partial charge in [0, 0.05) is 24.2 Å². The predicted octanol–water partition coefficient (Wildman–Crippen LogP) is 3.47. The molecule has 0 amide bonds. The molecule has 0 aliphatic rings. The Kier molecular flexibility index (Phi) is 5.15. The quantitative estimate of drug-likeness (QED) is 0.633. The van der Waals surface area contributed by atoms with Crippen molar-refractivity contribution in [3.05, 3.63) is 35.1 Å². The third kappa shape index (κ3) is 3.42. The summed E-state index contributed by atoms with van der Waals surface area (Å²) in [6, 6.07) is 1.44. The van der Waals surface area contributed by atoms with Crippen LogP contribution in [-0.2, 0) is 0 Å². The maximum Gasteiger partial charge on any atom is 0.132 e. The Morgan fingerprint density at radius 1 is 1.25 bits per heavy atom. The smallest absolute Gasteiger partial charge is 0.132 e. The van der Waals surface area contributed by atoms with Crippen LogP contribution in [0.3, 0.4) is 0 Å². The van der Waals surface area contributed by atoms with Crippen molar-refractivity contribution in [3.63, 3.8) is 0 Å². The Balaban J connectivity index is 2.78. The molecule has 1 aromatic rings. The highest BCUT2D eigenvalue weighted by atomic mass is 32.2. The summed E-state index contributed by atoms with van der Waals surface area (Å²) in [5.74, 6) is -2.78. The van der Waals surface area contributed by atoms with E-state index in [1.165, 1.54) is 11.9 Å². The molecule has 0 bridgehead atoms. The standard InChI is InChI=1S/C11H14F3NS/c1-7(3-4-15-16-2)11-9(13)5-8(12)6-10(11)14/h5-7,15H,3-4H2,1-2H3. The molecule has 16 heavy (non-hydrogen) atoms. The topological polar surface area (TPSA) is 12.0 Å². The van der Waals surface area contributed by atoms with Gasteiger partial charge in [-0.15, -0.1) is 0 Å². The van der Waals surface area contributed by atoms with Gasteiger partial charge in [0.1, 0.15) is 17.5 Å². The predicted molar refractivity (Wildman–Crippen MR) is 60.9 cm³/mol. The molecule has 0 saturated heterocycles. The van der Waals surface area contributed by atoms with Gasteiger partial charge in [-0.05, 0) is 18.6 Å². The van der Waals surface area contributed by atoms with Crippen molar-refractivity contribution < 1.29 is 13.2 Å². The molecule has 1 unspecified atom stereocenters. The number of hydrogen-bond donors (Lipinski definition) is 1. The first-order valence-electron chi connectivity index (χ1n) is 4.96. The lowest BCUT2D eigenvalue weighted by atomic mass is 9.96. The minimum atomic E-state index is -0.881. The van der Waals surface area contributed by atoms with Crippen LogP contribution in [0.1, 0.15) is 24.8 Å². The molecule has 1 rings (SSSR count). The molecule has 90 valence electrons. The highest BCUT2D eigenvalue weighted by Gasteiger charge is 2.17. The van der Waals surface area contributed by atoms with E-state index in [-0.39, 0.29) is 11.5 Å². The van der Waals surface area contributed by atoms with Crippen molar-refractivity contribution in [1.29, 1.82) is 0 Å². The van der Waals surface area contributed by atoms with Crippen LogP contribution in [-0.4, -0.2) is 12.8 Å².